The number of nitrogens with two attached hydrogens (primary N) is 1. The molecule has 0 radical (unpaired) electrons. The monoisotopic (exact) mass is 509 g/mol. The number of hydrogen-bond acceptors (Lipinski definition) is 3. The van der Waals surface area contributed by atoms with Gasteiger partial charge in [0.05, 0.1) is 5.69 Å². The van der Waals surface area contributed by atoms with Crippen molar-refractivity contribution < 1.29 is 9.18 Å². The normalized spacial score (nSPS) is 16.0. The number of rotatable bonds is 5. The molecule has 4 heterocycles. The van der Waals surface area contributed by atoms with E-state index < -0.39 is 0 Å². The van der Waals surface area contributed by atoms with Gasteiger partial charge in [-0.25, -0.2) is 9.37 Å². The first kappa shape index (κ1) is 24.4. The molecule has 7 heteroatoms. The van der Waals surface area contributed by atoms with Crippen molar-refractivity contribution in [2.24, 2.45) is 5.73 Å². The molecule has 1 fully saturated rings. The molecule has 1 atom stereocenters. The fourth-order valence-electron chi connectivity index (χ4n) is 5.66. The number of nitrogens with zero attached hydrogens (tertiary/aromatic N) is 4. The highest BCUT2D eigenvalue weighted by molar-refractivity contribution is 5.95. The van der Waals surface area contributed by atoms with E-state index >= 15 is 0 Å². The molecule has 194 valence electrons. The first-order valence-corrected chi connectivity index (χ1v) is 13.3. The number of aryl methyl sites for hydroxylation is 2. The zero-order valence-electron chi connectivity index (χ0n) is 21.8. The Kier molecular flexibility index (Phi) is 6.24. The minimum atomic E-state index is -0.263. The highest BCUT2D eigenvalue weighted by atomic mass is 19.1. The number of halogens is 1. The van der Waals surface area contributed by atoms with Gasteiger partial charge >= 0.3 is 0 Å². The summed E-state index contributed by atoms with van der Waals surface area (Å²) in [5.41, 5.74) is 13.6. The molecular weight excluding hydrogens is 477 g/mol. The second kappa shape index (κ2) is 9.72. The van der Waals surface area contributed by atoms with Crippen LogP contribution in [0.15, 0.2) is 66.9 Å². The quantitative estimate of drug-likeness (QED) is 0.336. The summed E-state index contributed by atoms with van der Waals surface area (Å²) in [6.07, 6.45) is 4.75. The average Bonchev–Trinajstić information content (AvgIpc) is 3.44. The number of pyridine rings is 1. The molecule has 2 N–H and O–H groups in total. The molecule has 1 aliphatic heterocycles. The van der Waals surface area contributed by atoms with E-state index in [4.69, 9.17) is 10.7 Å². The van der Waals surface area contributed by atoms with Crippen molar-refractivity contribution in [3.63, 3.8) is 0 Å². The first-order valence-electron chi connectivity index (χ1n) is 13.3. The van der Waals surface area contributed by atoms with Crippen LogP contribution in [-0.2, 0) is 13.0 Å². The molecule has 1 aliphatic rings. The number of imidazole rings is 1. The Labute approximate surface area is 221 Å². The standard InChI is InChI=1S/C31H32FN5O/c1-3-21-6-4-7-22(14-21)18-37-27-10-9-25(32)15-24(27)16-28(37)30-20(2)36-13-11-23(17-29(36)34-30)31(38)35-12-5-8-26(33)19-35/h4,6-7,9-11,13-17,26H,3,5,8,12,18-19,33H2,1-2H3. The van der Waals surface area contributed by atoms with Crippen molar-refractivity contribution in [2.45, 2.75) is 45.7 Å². The molecule has 1 unspecified atom stereocenters. The lowest BCUT2D eigenvalue weighted by atomic mass is 10.1. The smallest absolute Gasteiger partial charge is 0.254 e. The predicted octanol–water partition coefficient (Wildman–Crippen LogP) is 5.58. The summed E-state index contributed by atoms with van der Waals surface area (Å²) in [6.45, 7) is 6.13. The molecule has 38 heavy (non-hydrogen) atoms. The summed E-state index contributed by atoms with van der Waals surface area (Å²) in [6, 6.07) is 19.2. The predicted molar refractivity (Wildman–Crippen MR) is 149 cm³/mol. The van der Waals surface area contributed by atoms with Gasteiger partial charge < -0.3 is 19.6 Å². The molecule has 1 saturated heterocycles. The lowest BCUT2D eigenvalue weighted by Crippen LogP contribution is -2.45. The molecule has 5 aromatic rings. The summed E-state index contributed by atoms with van der Waals surface area (Å²) in [7, 11) is 0. The maximum Gasteiger partial charge on any atom is 0.254 e. The molecule has 0 spiro atoms. The third kappa shape index (κ3) is 4.37. The van der Waals surface area contributed by atoms with Crippen LogP contribution in [0.25, 0.3) is 27.9 Å². The van der Waals surface area contributed by atoms with Crippen molar-refractivity contribution in [3.05, 3.63) is 95.1 Å². The Morgan fingerprint density at radius 2 is 1.95 bits per heavy atom. The van der Waals surface area contributed by atoms with E-state index in [2.05, 4.69) is 35.8 Å². The lowest BCUT2D eigenvalue weighted by Gasteiger charge is -2.30. The van der Waals surface area contributed by atoms with E-state index in [0.29, 0.717) is 24.3 Å². The van der Waals surface area contributed by atoms with Gasteiger partial charge in [0.1, 0.15) is 17.2 Å². The molecule has 0 bridgehead atoms. The van der Waals surface area contributed by atoms with Gasteiger partial charge in [-0.15, -0.1) is 0 Å². The van der Waals surface area contributed by atoms with Crippen molar-refractivity contribution in [2.75, 3.05) is 13.1 Å². The van der Waals surface area contributed by atoms with Crippen LogP contribution in [0, 0.1) is 12.7 Å². The van der Waals surface area contributed by atoms with Crippen LogP contribution in [0.5, 0.6) is 0 Å². The summed E-state index contributed by atoms with van der Waals surface area (Å²) in [4.78, 5) is 20.0. The Balaban J connectivity index is 1.44. The van der Waals surface area contributed by atoms with Gasteiger partial charge in [-0.1, -0.05) is 31.2 Å². The molecule has 3 aromatic heterocycles. The number of aromatic nitrogens is 3. The van der Waals surface area contributed by atoms with E-state index in [1.165, 1.54) is 17.2 Å². The number of carbonyl (C=O) groups is 1. The van der Waals surface area contributed by atoms with Crippen LogP contribution in [-0.4, -0.2) is 43.9 Å². The van der Waals surface area contributed by atoms with Crippen LogP contribution in [0.4, 0.5) is 4.39 Å². The summed E-state index contributed by atoms with van der Waals surface area (Å²) in [5.74, 6) is -0.272. The minimum Gasteiger partial charge on any atom is -0.337 e. The highest BCUT2D eigenvalue weighted by Gasteiger charge is 2.24. The second-order valence-electron chi connectivity index (χ2n) is 10.3. The number of likely N-dealkylation sites (tertiary alicyclic amines) is 1. The maximum atomic E-state index is 14.2. The van der Waals surface area contributed by atoms with Crippen LogP contribution in [0.3, 0.4) is 0 Å². The summed E-state index contributed by atoms with van der Waals surface area (Å²) < 4.78 is 18.4. The molecule has 2 aromatic carbocycles. The van der Waals surface area contributed by atoms with Gasteiger partial charge in [0.2, 0.25) is 0 Å². The number of hydrogen-bond donors (Lipinski definition) is 1. The van der Waals surface area contributed by atoms with Crippen LogP contribution >= 0.6 is 0 Å². The fraction of sp³-hybridized carbons (Fsp3) is 0.290. The van der Waals surface area contributed by atoms with E-state index in [1.54, 1.807) is 6.07 Å². The highest BCUT2D eigenvalue weighted by Crippen LogP contribution is 2.32. The van der Waals surface area contributed by atoms with E-state index in [9.17, 15) is 9.18 Å². The number of piperidine rings is 1. The van der Waals surface area contributed by atoms with Gasteiger partial charge in [-0.3, -0.25) is 4.79 Å². The first-order chi connectivity index (χ1) is 18.4. The summed E-state index contributed by atoms with van der Waals surface area (Å²) in [5, 5.41) is 0.834. The largest absolute Gasteiger partial charge is 0.337 e. The van der Waals surface area contributed by atoms with Crippen LogP contribution in [0.1, 0.15) is 46.9 Å². The van der Waals surface area contributed by atoms with Gasteiger partial charge in [0, 0.05) is 54.0 Å². The second-order valence-corrected chi connectivity index (χ2v) is 10.3. The third-order valence-corrected chi connectivity index (χ3v) is 7.70. The molecule has 0 saturated carbocycles. The zero-order chi connectivity index (χ0) is 26.4. The van der Waals surface area contributed by atoms with E-state index in [1.807, 2.05) is 46.7 Å². The zero-order valence-corrected chi connectivity index (χ0v) is 21.8. The number of amides is 1. The molecule has 0 aliphatic carbocycles. The van der Waals surface area contributed by atoms with Crippen molar-refractivity contribution in [3.8, 4) is 11.4 Å². The van der Waals surface area contributed by atoms with Crippen molar-refractivity contribution >= 4 is 22.5 Å². The molecule has 1 amide bonds. The Morgan fingerprint density at radius 3 is 2.76 bits per heavy atom. The Bertz CT molecular complexity index is 1670. The topological polar surface area (TPSA) is 68.6 Å². The van der Waals surface area contributed by atoms with Crippen LogP contribution < -0.4 is 5.73 Å². The average molecular weight is 510 g/mol. The van der Waals surface area contributed by atoms with Crippen LogP contribution in [0.2, 0.25) is 0 Å². The van der Waals surface area contributed by atoms with Gasteiger partial charge in [-0.05, 0) is 73.7 Å². The minimum absolute atomic E-state index is 0.00903. The number of fused-ring (bicyclic) bond motifs is 2. The number of benzene rings is 2. The van der Waals surface area contributed by atoms with Gasteiger partial charge in [-0.2, -0.15) is 0 Å². The number of carbonyl (C=O) groups excluding carboxylic acids is 1. The third-order valence-electron chi connectivity index (χ3n) is 7.70. The molecule has 6 nitrogen and oxygen atoms in total. The lowest BCUT2D eigenvalue weighted by molar-refractivity contribution is 0.0709. The maximum absolute atomic E-state index is 14.2. The SMILES string of the molecule is CCc1cccc(Cn2c(-c3nc4cc(C(=O)N5CCCC(N)C5)ccn4c3C)cc3cc(F)ccc32)c1. The molecule has 6 rings (SSSR count). The Morgan fingerprint density at radius 1 is 1.11 bits per heavy atom. The van der Waals surface area contributed by atoms with E-state index in [-0.39, 0.29) is 17.8 Å². The van der Waals surface area contributed by atoms with Crippen molar-refractivity contribution in [1.29, 1.82) is 0 Å². The Hall–Kier alpha value is -3.97. The molecular formula is C31H32FN5O. The fourth-order valence-corrected chi connectivity index (χ4v) is 5.66. The van der Waals surface area contributed by atoms with Gasteiger partial charge in [0.15, 0.2) is 0 Å². The van der Waals surface area contributed by atoms with Crippen molar-refractivity contribution in [1.82, 2.24) is 18.9 Å². The summed E-state index contributed by atoms with van der Waals surface area (Å²) >= 11 is 0. The van der Waals surface area contributed by atoms with E-state index in [0.717, 1.165) is 53.8 Å². The van der Waals surface area contributed by atoms with Gasteiger partial charge in [0.25, 0.3) is 5.91 Å².